The van der Waals surface area contributed by atoms with Gasteiger partial charge in [-0.05, 0) is 38.2 Å². The molecule has 0 aliphatic heterocycles. The maximum absolute atomic E-state index is 12.5. The van der Waals surface area contributed by atoms with Gasteiger partial charge in [0.1, 0.15) is 10.7 Å². The number of nitrogens with one attached hydrogen (secondary N) is 1. The highest BCUT2D eigenvalue weighted by molar-refractivity contribution is 7.99. The van der Waals surface area contributed by atoms with Crippen molar-refractivity contribution in [1.82, 2.24) is 14.9 Å². The highest BCUT2D eigenvalue weighted by Gasteiger charge is 2.20. The first-order chi connectivity index (χ1) is 12.0. The molecule has 0 fully saturated rings. The molecule has 26 heavy (non-hydrogen) atoms. The zero-order chi connectivity index (χ0) is 18.0. The number of aryl methyl sites for hydroxylation is 2. The number of halogens is 1. The third kappa shape index (κ3) is 4.42. The number of H-pyrrole nitrogens is 1. The third-order valence-corrected chi connectivity index (χ3v) is 6.85. The summed E-state index contributed by atoms with van der Waals surface area (Å²) in [6, 6.07) is 0.0276. The minimum Gasteiger partial charge on any atom is -0.341 e. The monoisotopic (exact) mass is 416 g/mol. The SMILES string of the molecule is CC(CN)N(C)C(=O)CSCc1nc2sc3c(c2c(=O)[nH]1)CCCC3.Cl. The number of rotatable bonds is 6. The molecule has 1 amide bonds. The van der Waals surface area contributed by atoms with Gasteiger partial charge in [-0.2, -0.15) is 0 Å². The molecule has 0 saturated heterocycles. The van der Waals surface area contributed by atoms with Gasteiger partial charge in [0, 0.05) is 24.5 Å². The summed E-state index contributed by atoms with van der Waals surface area (Å²) in [5, 5.41) is 0.779. The fourth-order valence-electron chi connectivity index (χ4n) is 3.02. The van der Waals surface area contributed by atoms with E-state index >= 15 is 0 Å². The molecule has 0 aromatic carbocycles. The van der Waals surface area contributed by atoms with Crippen molar-refractivity contribution in [3.63, 3.8) is 0 Å². The highest BCUT2D eigenvalue weighted by atomic mass is 35.5. The van der Waals surface area contributed by atoms with Crippen LogP contribution in [-0.2, 0) is 23.4 Å². The Balaban J connectivity index is 0.00000243. The van der Waals surface area contributed by atoms with Crippen LogP contribution in [0.25, 0.3) is 10.2 Å². The Morgan fingerprint density at radius 1 is 1.42 bits per heavy atom. The van der Waals surface area contributed by atoms with Gasteiger partial charge >= 0.3 is 0 Å². The summed E-state index contributed by atoms with van der Waals surface area (Å²) in [6.07, 6.45) is 4.37. The van der Waals surface area contributed by atoms with E-state index in [1.54, 1.807) is 23.3 Å². The topological polar surface area (TPSA) is 92.1 Å². The van der Waals surface area contributed by atoms with Crippen LogP contribution in [-0.4, -0.2) is 46.2 Å². The van der Waals surface area contributed by atoms with Gasteiger partial charge in [0.25, 0.3) is 5.56 Å². The predicted molar refractivity (Wildman–Crippen MR) is 112 cm³/mol. The lowest BCUT2D eigenvalue weighted by Gasteiger charge is -2.23. The van der Waals surface area contributed by atoms with Crippen molar-refractivity contribution in [3.05, 3.63) is 26.6 Å². The van der Waals surface area contributed by atoms with Crippen LogP contribution >= 0.6 is 35.5 Å². The van der Waals surface area contributed by atoms with Gasteiger partial charge in [-0.15, -0.1) is 35.5 Å². The van der Waals surface area contributed by atoms with Crippen LogP contribution in [0, 0.1) is 0 Å². The fraction of sp³-hybridized carbons (Fsp3) is 0.588. The smallest absolute Gasteiger partial charge is 0.259 e. The Morgan fingerprint density at radius 3 is 2.88 bits per heavy atom. The lowest BCUT2D eigenvalue weighted by molar-refractivity contribution is -0.128. The second-order valence-corrected chi connectivity index (χ2v) is 8.56. The van der Waals surface area contributed by atoms with Gasteiger partial charge < -0.3 is 15.6 Å². The first-order valence-corrected chi connectivity index (χ1v) is 10.5. The molecule has 2 aromatic heterocycles. The van der Waals surface area contributed by atoms with E-state index in [-0.39, 0.29) is 29.9 Å². The van der Waals surface area contributed by atoms with Crippen molar-refractivity contribution in [2.45, 2.75) is 44.4 Å². The molecule has 2 heterocycles. The number of hydrogen-bond donors (Lipinski definition) is 2. The number of carbonyl (C=O) groups is 1. The van der Waals surface area contributed by atoms with Crippen molar-refractivity contribution in [1.29, 1.82) is 0 Å². The molecule has 9 heteroatoms. The van der Waals surface area contributed by atoms with Crippen LogP contribution in [0.4, 0.5) is 0 Å². The molecule has 1 unspecified atom stereocenters. The molecule has 0 spiro atoms. The first-order valence-electron chi connectivity index (χ1n) is 8.58. The fourth-order valence-corrected chi connectivity index (χ4v) is 5.11. The molecule has 6 nitrogen and oxygen atoms in total. The van der Waals surface area contributed by atoms with Crippen LogP contribution in [0.2, 0.25) is 0 Å². The Morgan fingerprint density at radius 2 is 2.15 bits per heavy atom. The van der Waals surface area contributed by atoms with Crippen LogP contribution in [0.5, 0.6) is 0 Å². The number of thioether (sulfide) groups is 1. The molecule has 1 aliphatic rings. The van der Waals surface area contributed by atoms with E-state index in [4.69, 9.17) is 5.73 Å². The highest BCUT2D eigenvalue weighted by Crippen LogP contribution is 2.33. The standard InChI is InChI=1S/C17H24N4O2S2.ClH/c1-10(7-18)21(2)14(22)9-24-8-13-19-16(23)15-11-5-3-4-6-12(11)25-17(15)20-13;/h10H,3-9,18H2,1-2H3,(H,19,20,23);1H. The average Bonchev–Trinajstić information content (AvgIpc) is 2.99. The molecule has 144 valence electrons. The normalized spacial score (nSPS) is 14.6. The Bertz CT molecular complexity index is 836. The van der Waals surface area contributed by atoms with Crippen molar-refractivity contribution >= 4 is 51.6 Å². The molecule has 3 rings (SSSR count). The Kier molecular flexibility index (Phi) is 7.52. The molecular weight excluding hydrogens is 392 g/mol. The summed E-state index contributed by atoms with van der Waals surface area (Å²) in [4.78, 5) is 35.9. The van der Waals surface area contributed by atoms with Crippen molar-refractivity contribution < 1.29 is 4.79 Å². The molecule has 1 atom stereocenters. The van der Waals surface area contributed by atoms with Gasteiger partial charge in [-0.3, -0.25) is 9.59 Å². The number of aromatic nitrogens is 2. The van der Waals surface area contributed by atoms with Gasteiger partial charge in [-0.1, -0.05) is 0 Å². The number of hydrogen-bond acceptors (Lipinski definition) is 6. The zero-order valence-corrected chi connectivity index (χ0v) is 17.5. The van der Waals surface area contributed by atoms with Gasteiger partial charge in [-0.25, -0.2) is 4.98 Å². The van der Waals surface area contributed by atoms with E-state index in [2.05, 4.69) is 9.97 Å². The maximum atomic E-state index is 12.5. The number of aromatic amines is 1. The van der Waals surface area contributed by atoms with E-state index < -0.39 is 0 Å². The number of carbonyl (C=O) groups excluding carboxylic acids is 1. The lowest BCUT2D eigenvalue weighted by Crippen LogP contribution is -2.40. The number of likely N-dealkylation sites (N-methyl/N-ethyl adjacent to an activating group) is 1. The van der Waals surface area contributed by atoms with E-state index in [0.717, 1.165) is 29.5 Å². The molecule has 0 saturated carbocycles. The number of nitrogens with zero attached hydrogens (tertiary/aromatic N) is 2. The molecule has 0 bridgehead atoms. The van der Waals surface area contributed by atoms with Crippen LogP contribution < -0.4 is 11.3 Å². The minimum absolute atomic E-state index is 0. The van der Waals surface area contributed by atoms with E-state index in [1.807, 2.05) is 6.92 Å². The summed E-state index contributed by atoms with van der Waals surface area (Å²) >= 11 is 3.11. The summed E-state index contributed by atoms with van der Waals surface area (Å²) in [5.41, 5.74) is 6.75. The van der Waals surface area contributed by atoms with Gasteiger partial charge in [0.2, 0.25) is 5.91 Å². The third-order valence-electron chi connectivity index (χ3n) is 4.73. The summed E-state index contributed by atoms with van der Waals surface area (Å²) in [6.45, 7) is 2.37. The van der Waals surface area contributed by atoms with Gasteiger partial charge in [0.05, 0.1) is 16.9 Å². The van der Waals surface area contributed by atoms with Crippen LogP contribution in [0.1, 0.15) is 36.0 Å². The number of nitrogens with two attached hydrogens (primary N) is 1. The van der Waals surface area contributed by atoms with E-state index in [9.17, 15) is 9.59 Å². The Labute approximate surface area is 167 Å². The van der Waals surface area contributed by atoms with Crippen molar-refractivity contribution in [2.75, 3.05) is 19.3 Å². The second-order valence-electron chi connectivity index (χ2n) is 6.49. The summed E-state index contributed by atoms with van der Waals surface area (Å²) in [5.74, 6) is 1.55. The quantitative estimate of drug-likeness (QED) is 0.753. The number of fused-ring (bicyclic) bond motifs is 3. The minimum atomic E-state index is -0.0415. The summed E-state index contributed by atoms with van der Waals surface area (Å²) < 4.78 is 0. The molecule has 2 aromatic rings. The maximum Gasteiger partial charge on any atom is 0.259 e. The molecule has 1 aliphatic carbocycles. The van der Waals surface area contributed by atoms with Crippen molar-refractivity contribution in [2.24, 2.45) is 5.73 Å². The summed E-state index contributed by atoms with van der Waals surface area (Å²) in [7, 11) is 1.77. The molecular formula is C17H25ClN4O2S2. The second kappa shape index (κ2) is 9.21. The van der Waals surface area contributed by atoms with Crippen LogP contribution in [0.15, 0.2) is 4.79 Å². The predicted octanol–water partition coefficient (Wildman–Crippen LogP) is 2.32. The van der Waals surface area contributed by atoms with E-state index in [0.29, 0.717) is 23.9 Å². The van der Waals surface area contributed by atoms with E-state index in [1.165, 1.54) is 28.6 Å². The lowest BCUT2D eigenvalue weighted by atomic mass is 9.97. The Hall–Kier alpha value is -1.09. The molecule has 3 N–H and O–H groups in total. The molecule has 0 radical (unpaired) electrons. The van der Waals surface area contributed by atoms with Crippen LogP contribution in [0.3, 0.4) is 0 Å². The number of amides is 1. The zero-order valence-electron chi connectivity index (χ0n) is 15.0. The van der Waals surface area contributed by atoms with Gasteiger partial charge in [0.15, 0.2) is 0 Å². The first kappa shape index (κ1) is 21.2. The largest absolute Gasteiger partial charge is 0.341 e. The number of thiophene rings is 1. The van der Waals surface area contributed by atoms with Crippen molar-refractivity contribution in [3.8, 4) is 0 Å². The average molecular weight is 417 g/mol.